The van der Waals surface area contributed by atoms with Crippen molar-refractivity contribution < 1.29 is 0 Å². The lowest BCUT2D eigenvalue weighted by Crippen LogP contribution is -1.98. The van der Waals surface area contributed by atoms with Crippen LogP contribution in [-0.4, -0.2) is 4.57 Å². The Hall–Kier alpha value is -2.80. The molecule has 3 aromatic carbocycles. The minimum absolute atomic E-state index is 0.746. The average molecular weight is 307 g/mol. The van der Waals surface area contributed by atoms with Crippen molar-refractivity contribution >= 4 is 38.3 Å². The molecule has 1 heterocycles. The van der Waals surface area contributed by atoms with Gasteiger partial charge in [-0.15, -0.1) is 0 Å². The fraction of sp³-hybridized carbons (Fsp3) is 0.130. The Balaban J connectivity index is 1.84. The molecular weight excluding hydrogens is 290 g/mol. The van der Waals surface area contributed by atoms with E-state index in [-0.39, 0.29) is 0 Å². The van der Waals surface area contributed by atoms with Crippen molar-refractivity contribution in [2.24, 2.45) is 11.8 Å². The van der Waals surface area contributed by atoms with Gasteiger partial charge in [-0.3, -0.25) is 0 Å². The molecule has 2 atom stereocenters. The Morgan fingerprint density at radius 3 is 2.50 bits per heavy atom. The fourth-order valence-corrected chi connectivity index (χ4v) is 4.29. The molecule has 24 heavy (non-hydrogen) atoms. The summed E-state index contributed by atoms with van der Waals surface area (Å²) in [4.78, 5) is 0. The van der Waals surface area contributed by atoms with Crippen molar-refractivity contribution in [2.75, 3.05) is 0 Å². The van der Waals surface area contributed by atoms with Crippen molar-refractivity contribution in [1.29, 1.82) is 0 Å². The maximum atomic E-state index is 2.47. The van der Waals surface area contributed by atoms with E-state index in [0.717, 1.165) is 11.8 Å². The first-order valence-electron chi connectivity index (χ1n) is 8.71. The molecule has 1 heteroatoms. The zero-order valence-electron chi connectivity index (χ0n) is 13.3. The summed E-state index contributed by atoms with van der Waals surface area (Å²) in [5.41, 5.74) is 3.97. The molecule has 114 valence electrons. The lowest BCUT2D eigenvalue weighted by atomic mass is 10.1. The number of para-hydroxylation sites is 1. The molecule has 0 bridgehead atoms. The van der Waals surface area contributed by atoms with Crippen LogP contribution in [0.3, 0.4) is 0 Å². The molecule has 0 aliphatic heterocycles. The predicted octanol–water partition coefficient (Wildman–Crippen LogP) is 5.99. The summed E-state index contributed by atoms with van der Waals surface area (Å²) in [6, 6.07) is 22.0. The molecule has 0 saturated heterocycles. The number of nitrogens with zero attached hydrogens (tertiary/aromatic N) is 1. The van der Waals surface area contributed by atoms with Crippen LogP contribution in [0, 0.1) is 11.8 Å². The summed E-state index contributed by atoms with van der Waals surface area (Å²) in [5.74, 6) is 1.54. The Morgan fingerprint density at radius 1 is 0.750 bits per heavy atom. The maximum Gasteiger partial charge on any atom is 0.0619 e. The number of hydrogen-bond donors (Lipinski definition) is 0. The van der Waals surface area contributed by atoms with E-state index < -0.39 is 0 Å². The van der Waals surface area contributed by atoms with Gasteiger partial charge in [-0.2, -0.15) is 0 Å². The molecule has 1 fully saturated rings. The van der Waals surface area contributed by atoms with Gasteiger partial charge >= 0.3 is 0 Å². The van der Waals surface area contributed by atoms with E-state index >= 15 is 0 Å². The molecule has 1 nitrogen and oxygen atoms in total. The monoisotopic (exact) mass is 307 g/mol. The summed E-state index contributed by atoms with van der Waals surface area (Å²) < 4.78 is 2.47. The SMILES string of the molecule is C1=CC2CC2C=C1n1c2ccccc2c2ccc3ccccc3c21. The third-order valence-corrected chi connectivity index (χ3v) is 5.61. The third kappa shape index (κ3) is 1.59. The standard InChI is InChI=1S/C23H17N/c1-2-6-19-15(5-1)10-12-21-20-7-3-4-8-22(20)24(23(19)21)18-11-9-16-13-17(16)14-18/h1-12,14,16-17H,13H2. The summed E-state index contributed by atoms with van der Waals surface area (Å²) in [5, 5.41) is 5.32. The number of aromatic nitrogens is 1. The molecule has 0 amide bonds. The van der Waals surface area contributed by atoms with E-state index in [1.54, 1.807) is 0 Å². The van der Waals surface area contributed by atoms with E-state index in [0.29, 0.717) is 0 Å². The van der Waals surface area contributed by atoms with Crippen LogP contribution in [0.4, 0.5) is 0 Å². The molecule has 4 aromatic rings. The van der Waals surface area contributed by atoms with Crippen molar-refractivity contribution in [3.63, 3.8) is 0 Å². The first kappa shape index (κ1) is 12.6. The fourth-order valence-electron chi connectivity index (χ4n) is 4.29. The molecule has 0 spiro atoms. The van der Waals surface area contributed by atoms with Crippen molar-refractivity contribution in [1.82, 2.24) is 4.57 Å². The highest BCUT2D eigenvalue weighted by atomic mass is 15.0. The lowest BCUT2D eigenvalue weighted by molar-refractivity contribution is 0.969. The van der Waals surface area contributed by atoms with Gasteiger partial charge < -0.3 is 4.57 Å². The molecule has 2 aliphatic carbocycles. The summed E-state index contributed by atoms with van der Waals surface area (Å²) in [6.07, 6.45) is 8.50. The van der Waals surface area contributed by atoms with Gasteiger partial charge in [0, 0.05) is 21.9 Å². The van der Waals surface area contributed by atoms with Crippen molar-refractivity contribution in [2.45, 2.75) is 6.42 Å². The van der Waals surface area contributed by atoms with E-state index in [1.807, 2.05) is 0 Å². The number of rotatable bonds is 1. The van der Waals surface area contributed by atoms with Crippen LogP contribution in [-0.2, 0) is 0 Å². The number of benzene rings is 3. The lowest BCUT2D eigenvalue weighted by Gasteiger charge is -2.13. The first-order chi connectivity index (χ1) is 11.9. The van der Waals surface area contributed by atoms with Gasteiger partial charge in [0.05, 0.1) is 11.0 Å². The molecular formula is C23H17N. The highest BCUT2D eigenvalue weighted by molar-refractivity contribution is 6.19. The smallest absolute Gasteiger partial charge is 0.0619 e. The van der Waals surface area contributed by atoms with Gasteiger partial charge in [-0.25, -0.2) is 0 Å². The van der Waals surface area contributed by atoms with Crippen LogP contribution in [0.5, 0.6) is 0 Å². The van der Waals surface area contributed by atoms with Gasteiger partial charge in [-0.05, 0) is 35.8 Å². The highest BCUT2D eigenvalue weighted by Crippen LogP contribution is 2.46. The molecule has 6 rings (SSSR count). The predicted molar refractivity (Wildman–Crippen MR) is 102 cm³/mol. The molecule has 2 unspecified atom stereocenters. The van der Waals surface area contributed by atoms with Crippen LogP contribution in [0.2, 0.25) is 0 Å². The second-order valence-electron chi connectivity index (χ2n) is 7.05. The van der Waals surface area contributed by atoms with E-state index in [1.165, 1.54) is 44.7 Å². The Morgan fingerprint density at radius 2 is 1.58 bits per heavy atom. The summed E-state index contributed by atoms with van der Waals surface area (Å²) >= 11 is 0. The molecule has 1 aromatic heterocycles. The largest absolute Gasteiger partial charge is 0.309 e. The Bertz CT molecular complexity index is 1190. The van der Waals surface area contributed by atoms with Crippen molar-refractivity contribution in [3.8, 4) is 0 Å². The minimum Gasteiger partial charge on any atom is -0.309 e. The van der Waals surface area contributed by atoms with Gasteiger partial charge in [0.1, 0.15) is 0 Å². The van der Waals surface area contributed by atoms with Gasteiger partial charge in [0.2, 0.25) is 0 Å². The second kappa shape index (κ2) is 4.39. The molecule has 0 N–H and O–H groups in total. The van der Waals surface area contributed by atoms with Crippen LogP contribution in [0.15, 0.2) is 78.9 Å². The number of allylic oxidation sites excluding steroid dienone is 4. The van der Waals surface area contributed by atoms with Gasteiger partial charge in [0.15, 0.2) is 0 Å². The zero-order chi connectivity index (χ0) is 15.7. The van der Waals surface area contributed by atoms with Crippen LogP contribution in [0.25, 0.3) is 38.3 Å². The van der Waals surface area contributed by atoms with Crippen LogP contribution in [0.1, 0.15) is 6.42 Å². The van der Waals surface area contributed by atoms with Gasteiger partial charge in [0.25, 0.3) is 0 Å². The summed E-state index contributed by atoms with van der Waals surface area (Å²) in [7, 11) is 0. The minimum atomic E-state index is 0.746. The Kier molecular flexibility index (Phi) is 2.30. The third-order valence-electron chi connectivity index (χ3n) is 5.61. The number of fused-ring (bicyclic) bond motifs is 6. The molecule has 0 radical (unpaired) electrons. The second-order valence-corrected chi connectivity index (χ2v) is 7.05. The van der Waals surface area contributed by atoms with E-state index in [2.05, 4.69) is 83.5 Å². The van der Waals surface area contributed by atoms with Crippen LogP contribution < -0.4 is 0 Å². The quantitative estimate of drug-likeness (QED) is 0.407. The van der Waals surface area contributed by atoms with Crippen LogP contribution >= 0.6 is 0 Å². The topological polar surface area (TPSA) is 4.93 Å². The maximum absolute atomic E-state index is 2.47. The summed E-state index contributed by atoms with van der Waals surface area (Å²) in [6.45, 7) is 0. The highest BCUT2D eigenvalue weighted by Gasteiger charge is 2.35. The number of hydrogen-bond acceptors (Lipinski definition) is 0. The van der Waals surface area contributed by atoms with Crippen molar-refractivity contribution in [3.05, 3.63) is 78.9 Å². The molecule has 2 aliphatic rings. The normalized spacial score (nSPS) is 22.1. The van der Waals surface area contributed by atoms with E-state index in [4.69, 9.17) is 0 Å². The zero-order valence-corrected chi connectivity index (χ0v) is 13.3. The average Bonchev–Trinajstić information content (AvgIpc) is 3.34. The first-order valence-corrected chi connectivity index (χ1v) is 8.71. The van der Waals surface area contributed by atoms with E-state index in [9.17, 15) is 0 Å². The van der Waals surface area contributed by atoms with Gasteiger partial charge in [-0.1, -0.05) is 66.7 Å². The Labute approximate surface area is 140 Å². The molecule has 1 saturated carbocycles.